The van der Waals surface area contributed by atoms with Gasteiger partial charge in [-0.3, -0.25) is 9.59 Å². The summed E-state index contributed by atoms with van der Waals surface area (Å²) in [6.45, 7) is 2.24. The topological polar surface area (TPSA) is 49.4 Å². The van der Waals surface area contributed by atoms with Crippen molar-refractivity contribution in [2.75, 3.05) is 13.6 Å². The van der Waals surface area contributed by atoms with Gasteiger partial charge in [-0.2, -0.15) is 0 Å². The molecule has 0 aliphatic carbocycles. The van der Waals surface area contributed by atoms with Crippen molar-refractivity contribution in [2.24, 2.45) is 0 Å². The smallest absolute Gasteiger partial charge is 0.299 e. The lowest BCUT2D eigenvalue weighted by atomic mass is 10.2. The highest BCUT2D eigenvalue weighted by Crippen LogP contribution is 2.16. The molecule has 1 atom stereocenters. The van der Waals surface area contributed by atoms with E-state index < -0.39 is 0 Å². The number of hydrogen-bond donors (Lipinski definition) is 1. The Morgan fingerprint density at radius 2 is 2.21 bits per heavy atom. The van der Waals surface area contributed by atoms with Gasteiger partial charge in [0.25, 0.3) is 5.91 Å². The number of nitrogens with zero attached hydrogens (tertiary/aromatic N) is 1. The molecular formula is C10H14N2O2. The molecule has 1 rings (SSSR count). The molecule has 14 heavy (non-hydrogen) atoms. The molecule has 0 radical (unpaired) electrons. The van der Waals surface area contributed by atoms with E-state index in [0.29, 0.717) is 6.54 Å². The van der Waals surface area contributed by atoms with Crippen molar-refractivity contribution in [3.8, 4) is 11.8 Å². The van der Waals surface area contributed by atoms with Crippen LogP contribution in [0.1, 0.15) is 19.8 Å². The van der Waals surface area contributed by atoms with Crippen LogP contribution in [0.2, 0.25) is 0 Å². The number of amides is 2. The molecule has 4 nitrogen and oxygen atoms in total. The molecule has 4 heteroatoms. The SMILES string of the molecule is CC#CC(=O)N1CCCC1C(=O)NC. The maximum absolute atomic E-state index is 11.4. The molecule has 2 amide bonds. The van der Waals surface area contributed by atoms with Crippen LogP contribution in [0.25, 0.3) is 0 Å². The Bertz CT molecular complexity index is 301. The number of nitrogens with one attached hydrogen (secondary N) is 1. The highest BCUT2D eigenvalue weighted by Gasteiger charge is 2.32. The Balaban J connectivity index is 2.71. The van der Waals surface area contributed by atoms with Gasteiger partial charge in [-0.15, -0.1) is 0 Å². The average molecular weight is 194 g/mol. The van der Waals surface area contributed by atoms with Crippen molar-refractivity contribution < 1.29 is 9.59 Å². The standard InChI is InChI=1S/C10H14N2O2/c1-3-5-9(13)12-7-4-6-8(12)10(14)11-2/h8H,4,6-7H2,1-2H3,(H,11,14). The minimum Gasteiger partial charge on any atom is -0.357 e. The summed E-state index contributed by atoms with van der Waals surface area (Å²) in [7, 11) is 1.58. The van der Waals surface area contributed by atoms with Crippen LogP contribution in [0.15, 0.2) is 0 Å². The van der Waals surface area contributed by atoms with Crippen molar-refractivity contribution in [3.63, 3.8) is 0 Å². The zero-order valence-electron chi connectivity index (χ0n) is 8.46. The molecule has 0 bridgehead atoms. The van der Waals surface area contributed by atoms with E-state index in [0.717, 1.165) is 12.8 Å². The zero-order chi connectivity index (χ0) is 10.6. The average Bonchev–Trinajstić information content (AvgIpc) is 2.65. The van der Waals surface area contributed by atoms with Gasteiger partial charge in [-0.25, -0.2) is 0 Å². The van der Waals surface area contributed by atoms with Gasteiger partial charge in [-0.1, -0.05) is 5.92 Å². The predicted octanol–water partition coefficient (Wildman–Crippen LogP) is -0.253. The fraction of sp³-hybridized carbons (Fsp3) is 0.600. The minimum atomic E-state index is -0.326. The summed E-state index contributed by atoms with van der Waals surface area (Å²) in [5, 5.41) is 2.55. The summed E-state index contributed by atoms with van der Waals surface area (Å²) in [4.78, 5) is 24.4. The van der Waals surface area contributed by atoms with Crippen LogP contribution >= 0.6 is 0 Å². The summed E-state index contributed by atoms with van der Waals surface area (Å²) >= 11 is 0. The van der Waals surface area contributed by atoms with Crippen molar-refractivity contribution in [1.82, 2.24) is 10.2 Å². The molecule has 1 fully saturated rings. The third-order valence-electron chi connectivity index (χ3n) is 2.29. The molecule has 0 aromatic carbocycles. The molecule has 0 saturated carbocycles. The normalized spacial score (nSPS) is 19.9. The number of carbonyl (C=O) groups is 2. The van der Waals surface area contributed by atoms with Crippen LogP contribution in [-0.4, -0.2) is 36.3 Å². The molecular weight excluding hydrogens is 180 g/mol. The Morgan fingerprint density at radius 1 is 1.50 bits per heavy atom. The zero-order valence-corrected chi connectivity index (χ0v) is 8.46. The van der Waals surface area contributed by atoms with E-state index in [1.807, 2.05) is 0 Å². The first-order valence-electron chi connectivity index (χ1n) is 4.65. The van der Waals surface area contributed by atoms with Crippen LogP contribution in [0.3, 0.4) is 0 Å². The minimum absolute atomic E-state index is 0.103. The predicted molar refractivity (Wildman–Crippen MR) is 52.3 cm³/mol. The maximum Gasteiger partial charge on any atom is 0.299 e. The highest BCUT2D eigenvalue weighted by molar-refractivity contribution is 5.97. The van der Waals surface area contributed by atoms with E-state index >= 15 is 0 Å². The van der Waals surface area contributed by atoms with Crippen LogP contribution in [0.5, 0.6) is 0 Å². The monoisotopic (exact) mass is 194 g/mol. The molecule has 76 valence electrons. The third-order valence-corrected chi connectivity index (χ3v) is 2.29. The van der Waals surface area contributed by atoms with Gasteiger partial charge in [0.05, 0.1) is 0 Å². The molecule has 1 heterocycles. The summed E-state index contributed by atoms with van der Waals surface area (Å²) in [5.41, 5.74) is 0. The summed E-state index contributed by atoms with van der Waals surface area (Å²) in [6.07, 6.45) is 1.60. The van der Waals surface area contributed by atoms with Gasteiger partial charge in [-0.05, 0) is 25.7 Å². The number of likely N-dealkylation sites (tertiary alicyclic amines) is 1. The fourth-order valence-electron chi connectivity index (χ4n) is 1.63. The Morgan fingerprint density at radius 3 is 2.79 bits per heavy atom. The molecule has 1 aliphatic rings. The second kappa shape index (κ2) is 4.66. The van der Waals surface area contributed by atoms with Gasteiger partial charge >= 0.3 is 0 Å². The van der Waals surface area contributed by atoms with E-state index in [2.05, 4.69) is 17.2 Å². The quantitative estimate of drug-likeness (QED) is 0.585. The van der Waals surface area contributed by atoms with Gasteiger partial charge in [0.2, 0.25) is 5.91 Å². The van der Waals surface area contributed by atoms with Crippen molar-refractivity contribution >= 4 is 11.8 Å². The molecule has 0 spiro atoms. The Kier molecular flexibility index (Phi) is 3.52. The molecule has 0 aromatic heterocycles. The highest BCUT2D eigenvalue weighted by atomic mass is 16.2. The third kappa shape index (κ3) is 2.05. The van der Waals surface area contributed by atoms with Gasteiger partial charge < -0.3 is 10.2 Å². The first-order valence-corrected chi connectivity index (χ1v) is 4.65. The van der Waals surface area contributed by atoms with E-state index in [4.69, 9.17) is 0 Å². The van der Waals surface area contributed by atoms with Gasteiger partial charge in [0.1, 0.15) is 6.04 Å². The van der Waals surface area contributed by atoms with Crippen LogP contribution in [-0.2, 0) is 9.59 Å². The second-order valence-corrected chi connectivity index (χ2v) is 3.15. The lowest BCUT2D eigenvalue weighted by molar-refractivity contribution is -0.134. The summed E-state index contributed by atoms with van der Waals surface area (Å²) in [6, 6.07) is -0.326. The van der Waals surface area contributed by atoms with Crippen LogP contribution in [0.4, 0.5) is 0 Å². The molecule has 1 unspecified atom stereocenters. The molecule has 1 aliphatic heterocycles. The van der Waals surface area contributed by atoms with E-state index in [1.165, 1.54) is 4.90 Å². The van der Waals surface area contributed by atoms with E-state index in [9.17, 15) is 9.59 Å². The van der Waals surface area contributed by atoms with E-state index in [-0.39, 0.29) is 17.9 Å². The summed E-state index contributed by atoms with van der Waals surface area (Å²) < 4.78 is 0. The largest absolute Gasteiger partial charge is 0.357 e. The second-order valence-electron chi connectivity index (χ2n) is 3.15. The van der Waals surface area contributed by atoms with Crippen molar-refractivity contribution in [3.05, 3.63) is 0 Å². The number of hydrogen-bond acceptors (Lipinski definition) is 2. The molecule has 0 aromatic rings. The summed E-state index contributed by atoms with van der Waals surface area (Å²) in [5.74, 6) is 4.65. The first kappa shape index (κ1) is 10.6. The fourth-order valence-corrected chi connectivity index (χ4v) is 1.63. The first-order chi connectivity index (χ1) is 6.70. The maximum atomic E-state index is 11.4. The van der Waals surface area contributed by atoms with Crippen LogP contribution in [0, 0.1) is 11.8 Å². The van der Waals surface area contributed by atoms with E-state index in [1.54, 1.807) is 14.0 Å². The van der Waals surface area contributed by atoms with Crippen molar-refractivity contribution in [1.29, 1.82) is 0 Å². The number of likely N-dealkylation sites (N-methyl/N-ethyl adjacent to an activating group) is 1. The van der Waals surface area contributed by atoms with Gasteiger partial charge in [0.15, 0.2) is 0 Å². The number of rotatable bonds is 1. The van der Waals surface area contributed by atoms with Crippen LogP contribution < -0.4 is 5.32 Å². The lowest BCUT2D eigenvalue weighted by Crippen LogP contribution is -2.44. The Labute approximate surface area is 83.6 Å². The molecule has 1 N–H and O–H groups in total. The Hall–Kier alpha value is -1.50. The van der Waals surface area contributed by atoms with Gasteiger partial charge in [0, 0.05) is 13.6 Å². The lowest BCUT2D eigenvalue weighted by Gasteiger charge is -2.20. The number of carbonyl (C=O) groups excluding carboxylic acids is 2. The van der Waals surface area contributed by atoms with Crippen molar-refractivity contribution in [2.45, 2.75) is 25.8 Å². The molecule has 1 saturated heterocycles.